The van der Waals surface area contributed by atoms with E-state index in [0.29, 0.717) is 0 Å². The Balaban J connectivity index is 4.09. The molecule has 0 aromatic heterocycles. The van der Waals surface area contributed by atoms with Crippen LogP contribution in [0, 0.1) is 23.2 Å². The predicted octanol–water partition coefficient (Wildman–Crippen LogP) is 1.29. The van der Waals surface area contributed by atoms with Crippen molar-refractivity contribution in [2.45, 2.75) is 26.1 Å². The number of hydrogen-bond donors (Lipinski definition) is 2. The lowest BCUT2D eigenvalue weighted by Gasteiger charge is -2.21. The van der Waals surface area contributed by atoms with Gasteiger partial charge >= 0.3 is 6.18 Å². The Morgan fingerprint density at radius 3 is 2.27 bits per heavy atom. The van der Waals surface area contributed by atoms with Gasteiger partial charge in [0.1, 0.15) is 0 Å². The smallest absolute Gasteiger partial charge is 0.396 e. The van der Waals surface area contributed by atoms with Gasteiger partial charge in [-0.05, 0) is 12.8 Å². The Morgan fingerprint density at radius 1 is 1.40 bits per heavy atom. The number of hydrogen-bond acceptors (Lipinski definition) is 3. The summed E-state index contributed by atoms with van der Waals surface area (Å²) in [7, 11) is 0. The molecule has 0 aliphatic rings. The van der Waals surface area contributed by atoms with Crippen molar-refractivity contribution in [2.24, 2.45) is 11.8 Å². The molecular weight excluding hydrogens is 209 g/mol. The molecule has 6 heteroatoms. The quantitative estimate of drug-likeness (QED) is 0.740. The third-order valence-electron chi connectivity index (χ3n) is 2.34. The fourth-order valence-corrected chi connectivity index (χ4v) is 0.898. The molecule has 0 fully saturated rings. The number of nitrogens with one attached hydrogen (secondary N) is 1. The van der Waals surface area contributed by atoms with Crippen molar-refractivity contribution >= 4 is 0 Å². The van der Waals surface area contributed by atoms with Crippen molar-refractivity contribution in [3.63, 3.8) is 0 Å². The van der Waals surface area contributed by atoms with Crippen LogP contribution in [0.4, 0.5) is 13.2 Å². The first-order valence-electron chi connectivity index (χ1n) is 4.63. The second-order valence-electron chi connectivity index (χ2n) is 3.58. The largest absolute Gasteiger partial charge is 0.405 e. The monoisotopic (exact) mass is 224 g/mol. The van der Waals surface area contributed by atoms with Gasteiger partial charge in [0, 0.05) is 19.2 Å². The van der Waals surface area contributed by atoms with Crippen LogP contribution in [0.1, 0.15) is 13.8 Å². The van der Waals surface area contributed by atoms with Crippen molar-refractivity contribution in [3.05, 3.63) is 0 Å². The third-order valence-corrected chi connectivity index (χ3v) is 2.34. The zero-order valence-electron chi connectivity index (χ0n) is 8.67. The number of aliphatic hydroxyl groups excluding tert-OH is 1. The highest BCUT2D eigenvalue weighted by Gasteiger charge is 2.39. The molecule has 0 aromatic carbocycles. The number of nitrogens with zero attached hydrogens (tertiary/aromatic N) is 1. The molecule has 0 radical (unpaired) electrons. The lowest BCUT2D eigenvalue weighted by molar-refractivity contribution is -0.158. The maximum atomic E-state index is 12.1. The summed E-state index contributed by atoms with van der Waals surface area (Å²) in [5.74, 6) is -2.14. The summed E-state index contributed by atoms with van der Waals surface area (Å²) in [4.78, 5) is 0. The van der Waals surface area contributed by atoms with Crippen LogP contribution in [0.3, 0.4) is 0 Å². The minimum atomic E-state index is -4.50. The predicted molar refractivity (Wildman–Crippen MR) is 48.9 cm³/mol. The van der Waals surface area contributed by atoms with Gasteiger partial charge in [-0.15, -0.1) is 0 Å². The Bertz CT molecular complexity index is 224. The topological polar surface area (TPSA) is 56.0 Å². The molecule has 0 saturated carbocycles. The fraction of sp³-hybridized carbons (Fsp3) is 0.889. The summed E-state index contributed by atoms with van der Waals surface area (Å²) < 4.78 is 36.4. The van der Waals surface area contributed by atoms with Crippen LogP contribution in [0.15, 0.2) is 0 Å². The first-order chi connectivity index (χ1) is 6.82. The van der Waals surface area contributed by atoms with Gasteiger partial charge in [0.05, 0.1) is 6.07 Å². The highest BCUT2D eigenvalue weighted by Crippen LogP contribution is 2.25. The Morgan fingerprint density at radius 2 is 1.93 bits per heavy atom. The maximum Gasteiger partial charge on any atom is 0.405 e. The number of rotatable bonds is 5. The zero-order chi connectivity index (χ0) is 12.1. The molecule has 0 spiro atoms. The van der Waals surface area contributed by atoms with Crippen LogP contribution in [0.5, 0.6) is 0 Å². The van der Waals surface area contributed by atoms with Gasteiger partial charge < -0.3 is 10.4 Å². The number of aliphatic hydroxyl groups is 1. The summed E-state index contributed by atoms with van der Waals surface area (Å²) in [6, 6.07) is 0.948. The second-order valence-corrected chi connectivity index (χ2v) is 3.58. The standard InChI is InChI=1S/C9H15F3N2O/c1-6(5-15)7(2)14-4-8(3-13)9(10,11)12/h6-8,14-15H,4-5H2,1-2H3. The highest BCUT2D eigenvalue weighted by molar-refractivity contribution is 4.90. The van der Waals surface area contributed by atoms with Crippen LogP contribution in [-0.4, -0.2) is 30.5 Å². The van der Waals surface area contributed by atoms with E-state index in [1.165, 1.54) is 6.07 Å². The molecule has 0 aromatic rings. The first-order valence-corrected chi connectivity index (χ1v) is 4.63. The second kappa shape index (κ2) is 5.93. The molecule has 15 heavy (non-hydrogen) atoms. The minimum absolute atomic E-state index is 0.0998. The molecule has 2 N–H and O–H groups in total. The molecule has 0 aliphatic heterocycles. The van der Waals surface area contributed by atoms with E-state index in [4.69, 9.17) is 10.4 Å². The third kappa shape index (κ3) is 5.00. The first kappa shape index (κ1) is 14.2. The van der Waals surface area contributed by atoms with E-state index in [2.05, 4.69) is 5.32 Å². The molecule has 3 nitrogen and oxygen atoms in total. The molecule has 88 valence electrons. The van der Waals surface area contributed by atoms with E-state index in [0.717, 1.165) is 0 Å². The number of nitriles is 1. The Labute approximate surface area is 86.9 Å². The van der Waals surface area contributed by atoms with E-state index >= 15 is 0 Å². The van der Waals surface area contributed by atoms with Crippen molar-refractivity contribution in [1.82, 2.24) is 5.32 Å². The van der Waals surface area contributed by atoms with E-state index in [1.54, 1.807) is 13.8 Å². The van der Waals surface area contributed by atoms with Crippen molar-refractivity contribution in [1.29, 1.82) is 5.26 Å². The molecule has 0 bridgehead atoms. The van der Waals surface area contributed by atoms with Crippen molar-refractivity contribution in [3.8, 4) is 6.07 Å². The Kier molecular flexibility index (Phi) is 5.61. The molecule has 0 saturated heterocycles. The molecule has 0 aliphatic carbocycles. The van der Waals surface area contributed by atoms with Crippen LogP contribution >= 0.6 is 0 Å². The summed E-state index contributed by atoms with van der Waals surface area (Å²) >= 11 is 0. The van der Waals surface area contributed by atoms with Gasteiger partial charge in [0.25, 0.3) is 0 Å². The SMILES string of the molecule is CC(CO)C(C)NCC(C#N)C(F)(F)F. The summed E-state index contributed by atoms with van der Waals surface area (Å²) in [6.45, 7) is 2.85. The molecule has 3 atom stereocenters. The lowest BCUT2D eigenvalue weighted by Crippen LogP contribution is -2.40. The maximum absolute atomic E-state index is 12.1. The lowest BCUT2D eigenvalue weighted by atomic mass is 10.0. The summed E-state index contributed by atoms with van der Waals surface area (Å²) in [6.07, 6.45) is -4.50. The highest BCUT2D eigenvalue weighted by atomic mass is 19.4. The molecule has 3 unspecified atom stereocenters. The number of alkyl halides is 3. The normalized spacial score (nSPS) is 17.9. The fourth-order valence-electron chi connectivity index (χ4n) is 0.898. The van der Waals surface area contributed by atoms with E-state index in [9.17, 15) is 13.2 Å². The summed E-state index contributed by atoms with van der Waals surface area (Å²) in [5.41, 5.74) is 0. The Hall–Kier alpha value is -0.800. The van der Waals surface area contributed by atoms with Gasteiger partial charge in [-0.2, -0.15) is 18.4 Å². The zero-order valence-corrected chi connectivity index (χ0v) is 8.67. The van der Waals surface area contributed by atoms with Gasteiger partial charge in [0.15, 0.2) is 5.92 Å². The molecule has 0 amide bonds. The van der Waals surface area contributed by atoms with Crippen LogP contribution in [0.2, 0.25) is 0 Å². The van der Waals surface area contributed by atoms with Crippen LogP contribution in [0.25, 0.3) is 0 Å². The molecular formula is C9H15F3N2O. The van der Waals surface area contributed by atoms with E-state index in [-0.39, 0.29) is 18.6 Å². The van der Waals surface area contributed by atoms with Gasteiger partial charge in [-0.1, -0.05) is 6.92 Å². The average molecular weight is 224 g/mol. The number of halogens is 3. The van der Waals surface area contributed by atoms with Crippen molar-refractivity contribution < 1.29 is 18.3 Å². The van der Waals surface area contributed by atoms with E-state index < -0.39 is 18.6 Å². The van der Waals surface area contributed by atoms with Gasteiger partial charge in [0.2, 0.25) is 0 Å². The van der Waals surface area contributed by atoms with Crippen molar-refractivity contribution in [2.75, 3.05) is 13.2 Å². The van der Waals surface area contributed by atoms with E-state index in [1.807, 2.05) is 0 Å². The minimum Gasteiger partial charge on any atom is -0.396 e. The summed E-state index contributed by atoms with van der Waals surface area (Å²) in [5, 5.41) is 19.7. The van der Waals surface area contributed by atoms with Crippen LogP contribution in [-0.2, 0) is 0 Å². The average Bonchev–Trinajstić information content (AvgIpc) is 2.15. The van der Waals surface area contributed by atoms with Crippen LogP contribution < -0.4 is 5.32 Å². The van der Waals surface area contributed by atoms with Gasteiger partial charge in [-0.3, -0.25) is 0 Å². The molecule has 0 rings (SSSR count). The van der Waals surface area contributed by atoms with Gasteiger partial charge in [-0.25, -0.2) is 0 Å². The molecule has 0 heterocycles.